The van der Waals surface area contributed by atoms with Gasteiger partial charge in [-0.05, 0) is 32.3 Å². The van der Waals surface area contributed by atoms with E-state index in [1.54, 1.807) is 6.26 Å². The first-order chi connectivity index (χ1) is 14.3. The largest absolute Gasteiger partial charge is 0.480 e. The Kier molecular flexibility index (Phi) is 12.7. The van der Waals surface area contributed by atoms with E-state index in [0.717, 1.165) is 0 Å². The van der Waals surface area contributed by atoms with Crippen LogP contribution in [0.4, 0.5) is 0 Å². The molecule has 0 bridgehead atoms. The third kappa shape index (κ3) is 10.4. The molecule has 0 aliphatic rings. The van der Waals surface area contributed by atoms with Gasteiger partial charge >= 0.3 is 5.97 Å². The number of hydrogen-bond acceptors (Lipinski definition) is 9. The van der Waals surface area contributed by atoms with Gasteiger partial charge in [0.05, 0.1) is 18.6 Å². The van der Waals surface area contributed by atoms with Crippen molar-refractivity contribution in [1.29, 1.82) is 0 Å². The molecule has 178 valence electrons. The number of rotatable bonds is 14. The molecule has 0 saturated carbocycles. The summed E-state index contributed by atoms with van der Waals surface area (Å²) in [6.07, 6.45) is -1.39. The molecule has 0 aliphatic heterocycles. The fraction of sp³-hybridized carbons (Fsp3) is 0.706. The lowest BCUT2D eigenvalue weighted by atomic mass is 10.1. The van der Waals surface area contributed by atoms with Crippen LogP contribution >= 0.6 is 11.8 Å². The molecule has 0 radical (unpaired) electrons. The maximum absolute atomic E-state index is 12.6. The zero-order chi connectivity index (χ0) is 24.3. The van der Waals surface area contributed by atoms with Crippen molar-refractivity contribution in [3.05, 3.63) is 0 Å². The van der Waals surface area contributed by atoms with Crippen LogP contribution < -0.4 is 27.4 Å². The Balaban J connectivity index is 5.48. The summed E-state index contributed by atoms with van der Waals surface area (Å²) in [6, 6.07) is -5.68. The number of nitrogens with two attached hydrogens (primary N) is 2. The molecular formula is C17H31N5O8S. The molecule has 0 heterocycles. The fourth-order valence-corrected chi connectivity index (χ4v) is 2.79. The van der Waals surface area contributed by atoms with Crippen molar-refractivity contribution in [2.75, 3.05) is 12.0 Å². The van der Waals surface area contributed by atoms with Crippen molar-refractivity contribution in [2.45, 2.75) is 63.1 Å². The van der Waals surface area contributed by atoms with E-state index in [0.29, 0.717) is 5.75 Å². The van der Waals surface area contributed by atoms with Crippen molar-refractivity contribution < 1.29 is 39.3 Å². The molecule has 6 atom stereocenters. The number of carbonyl (C=O) groups is 5. The second kappa shape index (κ2) is 13.8. The van der Waals surface area contributed by atoms with Crippen LogP contribution in [0.2, 0.25) is 0 Å². The molecule has 0 aromatic heterocycles. The minimum Gasteiger partial charge on any atom is -0.480 e. The van der Waals surface area contributed by atoms with Crippen LogP contribution in [0, 0.1) is 0 Å². The van der Waals surface area contributed by atoms with Gasteiger partial charge in [-0.1, -0.05) is 0 Å². The average molecular weight is 466 g/mol. The normalized spacial score (nSPS) is 16.7. The molecule has 0 rings (SSSR count). The highest BCUT2D eigenvalue weighted by atomic mass is 32.2. The summed E-state index contributed by atoms with van der Waals surface area (Å²) in [5.74, 6) is -4.71. The van der Waals surface area contributed by atoms with E-state index in [9.17, 15) is 34.2 Å². The molecule has 14 heteroatoms. The van der Waals surface area contributed by atoms with Crippen LogP contribution in [0.15, 0.2) is 0 Å². The molecule has 6 unspecified atom stereocenters. The van der Waals surface area contributed by atoms with Crippen LogP contribution in [0.5, 0.6) is 0 Å². The van der Waals surface area contributed by atoms with Gasteiger partial charge in [0.15, 0.2) is 6.04 Å². The smallest absolute Gasteiger partial charge is 0.328 e. The van der Waals surface area contributed by atoms with Crippen molar-refractivity contribution in [1.82, 2.24) is 16.0 Å². The average Bonchev–Trinajstić information content (AvgIpc) is 2.66. The standard InChI is InChI=1S/C17H31N5O8S/c1-7(23)12(19)16(28)21-10(6-11(18)25)15(27)20-9(4-5-31-3)14(26)22-13(8(2)24)17(29)30/h7-10,12-13,23-24H,4-6,19H2,1-3H3,(H2,18,25)(H,20,27)(H,21,28)(H,22,26)(H,29,30). The Morgan fingerprint density at radius 2 is 1.42 bits per heavy atom. The molecule has 0 aliphatic carbocycles. The van der Waals surface area contributed by atoms with E-state index in [2.05, 4.69) is 16.0 Å². The van der Waals surface area contributed by atoms with Gasteiger partial charge in [-0.2, -0.15) is 11.8 Å². The highest BCUT2D eigenvalue weighted by Gasteiger charge is 2.32. The van der Waals surface area contributed by atoms with E-state index >= 15 is 0 Å². The number of carboxylic acids is 1. The van der Waals surface area contributed by atoms with E-state index in [1.807, 2.05) is 0 Å². The van der Waals surface area contributed by atoms with Gasteiger partial charge in [0.2, 0.25) is 23.6 Å². The zero-order valence-electron chi connectivity index (χ0n) is 17.5. The number of amides is 4. The van der Waals surface area contributed by atoms with Crippen molar-refractivity contribution in [3.63, 3.8) is 0 Å². The monoisotopic (exact) mass is 465 g/mol. The molecule has 31 heavy (non-hydrogen) atoms. The maximum Gasteiger partial charge on any atom is 0.328 e. The van der Waals surface area contributed by atoms with Crippen LogP contribution in [0.3, 0.4) is 0 Å². The molecule has 0 spiro atoms. The molecule has 0 aromatic carbocycles. The number of carbonyl (C=O) groups excluding carboxylic acids is 4. The van der Waals surface area contributed by atoms with Crippen LogP contribution in [0.25, 0.3) is 0 Å². The molecule has 4 amide bonds. The lowest BCUT2D eigenvalue weighted by Crippen LogP contribution is -2.59. The Labute approximate surface area is 183 Å². The number of nitrogens with one attached hydrogen (secondary N) is 3. The maximum atomic E-state index is 12.6. The molecule has 0 saturated heterocycles. The first-order valence-corrected chi connectivity index (χ1v) is 10.7. The van der Waals surface area contributed by atoms with E-state index in [1.165, 1.54) is 25.6 Å². The van der Waals surface area contributed by atoms with E-state index < -0.39 is 72.4 Å². The fourth-order valence-electron chi connectivity index (χ4n) is 2.32. The Hall–Kier alpha value is -2.42. The van der Waals surface area contributed by atoms with E-state index in [-0.39, 0.29) is 6.42 Å². The van der Waals surface area contributed by atoms with Crippen LogP contribution in [-0.2, 0) is 24.0 Å². The topological polar surface area (TPSA) is 234 Å². The molecule has 13 nitrogen and oxygen atoms in total. The summed E-state index contributed by atoms with van der Waals surface area (Å²) < 4.78 is 0. The van der Waals surface area contributed by atoms with Gasteiger partial charge in [-0.15, -0.1) is 0 Å². The predicted octanol–water partition coefficient (Wildman–Crippen LogP) is -3.76. The highest BCUT2D eigenvalue weighted by molar-refractivity contribution is 7.98. The number of thioether (sulfide) groups is 1. The first kappa shape index (κ1) is 28.6. The molecule has 0 fully saturated rings. The summed E-state index contributed by atoms with van der Waals surface area (Å²) in [6.45, 7) is 2.44. The van der Waals surface area contributed by atoms with E-state index in [4.69, 9.17) is 16.6 Å². The van der Waals surface area contributed by atoms with Crippen molar-refractivity contribution in [3.8, 4) is 0 Å². The number of aliphatic carboxylic acids is 1. The second-order valence-corrected chi connectivity index (χ2v) is 7.89. The van der Waals surface area contributed by atoms with Gasteiger partial charge in [0.25, 0.3) is 0 Å². The molecule has 10 N–H and O–H groups in total. The SMILES string of the molecule is CSCCC(NC(=O)C(CC(N)=O)NC(=O)C(N)C(C)O)C(=O)NC(C(=O)O)C(C)O. The Morgan fingerprint density at radius 3 is 1.84 bits per heavy atom. The number of aliphatic hydroxyl groups is 2. The van der Waals surface area contributed by atoms with Crippen molar-refractivity contribution in [2.24, 2.45) is 11.5 Å². The number of hydrogen-bond donors (Lipinski definition) is 8. The Bertz CT molecular complexity index is 660. The zero-order valence-corrected chi connectivity index (χ0v) is 18.3. The van der Waals surface area contributed by atoms with Crippen LogP contribution in [0.1, 0.15) is 26.7 Å². The van der Waals surface area contributed by atoms with Crippen LogP contribution in [-0.4, -0.2) is 93.3 Å². The summed E-state index contributed by atoms with van der Waals surface area (Å²) in [7, 11) is 0. The third-order valence-corrected chi connectivity index (χ3v) is 4.79. The number of carboxylic acid groups (broad SMARTS) is 1. The van der Waals surface area contributed by atoms with Gasteiger partial charge in [0.1, 0.15) is 18.1 Å². The molecule has 0 aromatic rings. The third-order valence-electron chi connectivity index (χ3n) is 4.15. The van der Waals surface area contributed by atoms with Gasteiger partial charge in [0, 0.05) is 0 Å². The minimum absolute atomic E-state index is 0.0926. The van der Waals surface area contributed by atoms with Gasteiger partial charge in [-0.25, -0.2) is 4.79 Å². The number of aliphatic hydroxyl groups excluding tert-OH is 2. The first-order valence-electron chi connectivity index (χ1n) is 9.34. The summed E-state index contributed by atoms with van der Waals surface area (Å²) in [5.41, 5.74) is 10.6. The summed E-state index contributed by atoms with van der Waals surface area (Å²) in [5, 5.41) is 34.8. The summed E-state index contributed by atoms with van der Waals surface area (Å²) in [4.78, 5) is 59.8. The Morgan fingerprint density at radius 1 is 0.903 bits per heavy atom. The van der Waals surface area contributed by atoms with Gasteiger partial charge in [-0.3, -0.25) is 19.2 Å². The van der Waals surface area contributed by atoms with Crippen molar-refractivity contribution >= 4 is 41.4 Å². The lowest BCUT2D eigenvalue weighted by Gasteiger charge is -2.25. The van der Waals surface area contributed by atoms with Gasteiger partial charge < -0.3 is 42.7 Å². The summed E-state index contributed by atoms with van der Waals surface area (Å²) >= 11 is 1.36. The minimum atomic E-state index is -1.61. The lowest BCUT2D eigenvalue weighted by molar-refractivity contribution is -0.145. The quantitative estimate of drug-likeness (QED) is 0.125. The highest BCUT2D eigenvalue weighted by Crippen LogP contribution is 2.05. The molecular weight excluding hydrogens is 434 g/mol. The predicted molar refractivity (Wildman–Crippen MR) is 112 cm³/mol. The number of primary amides is 1. The second-order valence-electron chi connectivity index (χ2n) is 6.91.